The molecule has 1 aliphatic rings. The predicted octanol–water partition coefficient (Wildman–Crippen LogP) is 5.93. The van der Waals surface area contributed by atoms with E-state index in [0.717, 1.165) is 28.0 Å². The van der Waals surface area contributed by atoms with E-state index < -0.39 is 0 Å². The van der Waals surface area contributed by atoms with Crippen LogP contribution in [0.15, 0.2) is 29.4 Å². The molecule has 1 aromatic rings. The first-order chi connectivity index (χ1) is 10.5. The Morgan fingerprint density at radius 1 is 1.17 bits per heavy atom. The van der Waals surface area contributed by atoms with E-state index in [1.54, 1.807) is 6.08 Å². The van der Waals surface area contributed by atoms with Crippen molar-refractivity contribution in [3.05, 3.63) is 58.2 Å². The molecule has 5 heteroatoms. The summed E-state index contributed by atoms with van der Waals surface area (Å²) in [5.74, 6) is -0.0592. The smallest absolute Gasteiger partial charge is 0.201 e. The van der Waals surface area contributed by atoms with Crippen molar-refractivity contribution in [1.29, 1.82) is 0 Å². The quantitative estimate of drug-likeness (QED) is 0.192. The summed E-state index contributed by atoms with van der Waals surface area (Å²) in [5, 5.41) is 2.90. The van der Waals surface area contributed by atoms with Crippen molar-refractivity contribution in [3.63, 3.8) is 0 Å². The molecule has 121 valence electrons. The van der Waals surface area contributed by atoms with Crippen LogP contribution < -0.4 is 5.32 Å². The van der Waals surface area contributed by atoms with Crippen LogP contribution >= 0.6 is 37.2 Å². The van der Waals surface area contributed by atoms with Gasteiger partial charge in [-0.3, -0.25) is 10.9 Å². The maximum Gasteiger partial charge on any atom is 0.201 e. The average Bonchev–Trinajstić information content (AvgIpc) is 2.86. The van der Waals surface area contributed by atoms with E-state index in [1.807, 2.05) is 39.8 Å². The number of amides is 1. The first-order valence-electron chi connectivity index (χ1n) is 6.84. The van der Waals surface area contributed by atoms with Crippen molar-refractivity contribution in [1.82, 2.24) is 0 Å². The summed E-state index contributed by atoms with van der Waals surface area (Å²) in [6.45, 7) is 9.93. The maximum atomic E-state index is 12.1. The van der Waals surface area contributed by atoms with Gasteiger partial charge in [-0.15, -0.1) is 20.8 Å². The Morgan fingerprint density at radius 2 is 1.78 bits per heavy atom. The van der Waals surface area contributed by atoms with Gasteiger partial charge in [-0.05, 0) is 31.0 Å². The minimum absolute atomic E-state index is 0. The Morgan fingerprint density at radius 3 is 2.35 bits per heavy atom. The van der Waals surface area contributed by atoms with E-state index in [-0.39, 0.29) is 38.6 Å². The zero-order valence-corrected chi connectivity index (χ0v) is 21.1. The number of benzene rings is 1. The van der Waals surface area contributed by atoms with Gasteiger partial charge < -0.3 is 22.5 Å². The number of hydrogen-bond acceptors (Lipinski definition) is 1. The molecule has 0 spiro atoms. The number of hydrogen-bond donors (Lipinski definition) is 1. The van der Waals surface area contributed by atoms with Crippen molar-refractivity contribution in [3.8, 4) is 0 Å². The maximum absolute atomic E-state index is 12.1. The second kappa shape index (κ2) is 11.2. The number of rotatable bonds is 2. The van der Waals surface area contributed by atoms with Gasteiger partial charge in [-0.2, -0.15) is 6.08 Å². The van der Waals surface area contributed by atoms with Crippen LogP contribution in [0.25, 0.3) is 5.57 Å². The number of carbonyl (C=O) groups is 1. The van der Waals surface area contributed by atoms with Crippen LogP contribution in [0.4, 0.5) is 5.69 Å². The summed E-state index contributed by atoms with van der Waals surface area (Å²) in [5.41, 5.74) is 6.93. The van der Waals surface area contributed by atoms with Crippen molar-refractivity contribution in [2.24, 2.45) is 0 Å². The van der Waals surface area contributed by atoms with E-state index >= 15 is 0 Å². The van der Waals surface area contributed by atoms with Gasteiger partial charge >= 0.3 is 0 Å². The van der Waals surface area contributed by atoms with Crippen molar-refractivity contribution in [2.75, 3.05) is 5.32 Å². The summed E-state index contributed by atoms with van der Waals surface area (Å²) in [6.07, 6.45) is 8.05. The molecule has 0 atom stereocenters. The van der Waals surface area contributed by atoms with E-state index in [1.165, 1.54) is 5.56 Å². The molecule has 0 bridgehead atoms. The van der Waals surface area contributed by atoms with Crippen LogP contribution in [0.2, 0.25) is 0 Å². The van der Waals surface area contributed by atoms with E-state index in [0.29, 0.717) is 5.57 Å². The summed E-state index contributed by atoms with van der Waals surface area (Å²) in [4.78, 5) is 12.1. The Balaban J connectivity index is 0.00000155. The SMILES string of the molecule is C[C-]=C(C)C(C)=[C-]/C=C1\C(=O)Nc2ccc(C)c(C)c21.II.[Y]. The zero-order chi connectivity index (χ0) is 16.9. The molecule has 0 fully saturated rings. The fraction of sp³-hybridized carbons (Fsp3) is 0.278. The van der Waals surface area contributed by atoms with E-state index in [4.69, 9.17) is 0 Å². The second-order valence-electron chi connectivity index (χ2n) is 5.09. The van der Waals surface area contributed by atoms with E-state index in [2.05, 4.69) is 61.6 Å². The molecule has 0 unspecified atom stereocenters. The number of nitrogens with one attached hydrogen (secondary N) is 1. The Bertz CT molecular complexity index is 676. The molecule has 2 rings (SSSR count). The number of fused-ring (bicyclic) bond motifs is 1. The number of allylic oxidation sites excluding steroid dienone is 5. The van der Waals surface area contributed by atoms with Gasteiger partial charge in [0.25, 0.3) is 0 Å². The van der Waals surface area contributed by atoms with Crippen molar-refractivity contribution in [2.45, 2.75) is 34.6 Å². The number of anilines is 1. The Labute approximate surface area is 187 Å². The minimum atomic E-state index is -0.0592. The third kappa shape index (κ3) is 5.75. The molecule has 1 radical (unpaired) electrons. The molecule has 0 aliphatic carbocycles. The monoisotopic (exact) mass is 608 g/mol. The number of aryl methyl sites for hydroxylation is 1. The molecule has 0 saturated heterocycles. The summed E-state index contributed by atoms with van der Waals surface area (Å²) in [7, 11) is 0. The normalized spacial score (nSPS) is 15.4. The third-order valence-corrected chi connectivity index (χ3v) is 3.87. The van der Waals surface area contributed by atoms with Crippen LogP contribution in [0.1, 0.15) is 37.5 Å². The van der Waals surface area contributed by atoms with Gasteiger partial charge in [0.05, 0.1) is 0 Å². The van der Waals surface area contributed by atoms with Gasteiger partial charge in [0.15, 0.2) is 0 Å². The number of halogens is 2. The predicted molar refractivity (Wildman–Crippen MR) is 111 cm³/mol. The van der Waals surface area contributed by atoms with Gasteiger partial charge in [-0.25, -0.2) is 0 Å². The fourth-order valence-corrected chi connectivity index (χ4v) is 2.18. The van der Waals surface area contributed by atoms with Crippen LogP contribution in [0.3, 0.4) is 0 Å². The molecule has 1 amide bonds. The number of carbonyl (C=O) groups excluding carboxylic acids is 1. The van der Waals surface area contributed by atoms with Gasteiger partial charge in [0, 0.05) is 75.6 Å². The molecular formula is C18H19I2NOY-2. The van der Waals surface area contributed by atoms with E-state index in [9.17, 15) is 4.79 Å². The molecule has 0 saturated carbocycles. The fourth-order valence-electron chi connectivity index (χ4n) is 2.18. The van der Waals surface area contributed by atoms with Gasteiger partial charge in [0.1, 0.15) is 0 Å². The third-order valence-electron chi connectivity index (χ3n) is 3.87. The summed E-state index contributed by atoms with van der Waals surface area (Å²) >= 11 is 4.24. The topological polar surface area (TPSA) is 29.1 Å². The Hall–Kier alpha value is 0.474. The molecule has 1 aliphatic heterocycles. The van der Waals surface area contributed by atoms with Crippen LogP contribution in [0, 0.1) is 26.0 Å². The molecule has 1 aromatic carbocycles. The van der Waals surface area contributed by atoms with Gasteiger partial charge in [-0.1, -0.05) is 17.2 Å². The van der Waals surface area contributed by atoms with Gasteiger partial charge in [0.2, 0.25) is 5.91 Å². The average molecular weight is 608 g/mol. The first kappa shape index (κ1) is 23.5. The van der Waals surface area contributed by atoms with Crippen LogP contribution in [0.5, 0.6) is 0 Å². The van der Waals surface area contributed by atoms with Crippen molar-refractivity contribution < 1.29 is 37.5 Å². The Kier molecular flexibility index (Phi) is 11.4. The molecule has 0 aromatic heterocycles. The first-order valence-corrected chi connectivity index (χ1v) is 13.1. The zero-order valence-electron chi connectivity index (χ0n) is 14.0. The van der Waals surface area contributed by atoms with Crippen molar-refractivity contribution >= 4 is 54.4 Å². The summed E-state index contributed by atoms with van der Waals surface area (Å²) in [6, 6.07) is 3.99. The molecular weight excluding hydrogens is 589 g/mol. The molecule has 2 nitrogen and oxygen atoms in total. The van der Waals surface area contributed by atoms with Crippen LogP contribution in [-0.4, -0.2) is 5.91 Å². The van der Waals surface area contributed by atoms with Crippen LogP contribution in [-0.2, 0) is 37.5 Å². The second-order valence-corrected chi connectivity index (χ2v) is 5.09. The standard InChI is InChI=1S/C18H19NO.I2.Y/c1-6-11(2)12(3)7-9-15-17-14(5)13(4)8-10-16(17)19-18(15)20;1-2;/h8-10H,1-5H3,(H,19,20);;/q-2;;/b15-9-;;. The molecule has 1 N–H and O–H groups in total. The molecule has 1 heterocycles. The largest absolute Gasteiger partial charge is 0.343 e. The molecule has 23 heavy (non-hydrogen) atoms. The summed E-state index contributed by atoms with van der Waals surface area (Å²) < 4.78 is 0. The minimum Gasteiger partial charge on any atom is -0.343 e.